The average Bonchev–Trinajstić information content (AvgIpc) is 2.89. The van der Waals surface area contributed by atoms with Crippen LogP contribution in [0.4, 0.5) is 0 Å². The van der Waals surface area contributed by atoms with Crippen LogP contribution < -0.4 is 0 Å². The lowest BCUT2D eigenvalue weighted by molar-refractivity contribution is -0.138. The number of hydrogen-bond acceptors (Lipinski definition) is 4. The van der Waals surface area contributed by atoms with Gasteiger partial charge in [-0.05, 0) is 26.4 Å². The molecule has 5 heteroatoms. The smallest absolute Gasteiger partial charge is 0.227 e. The Kier molecular flexibility index (Phi) is 4.02. The maximum absolute atomic E-state index is 12.7. The normalized spacial score (nSPS) is 23.4. The Labute approximate surface area is 126 Å². The molecule has 1 saturated heterocycles. The van der Waals surface area contributed by atoms with Crippen molar-refractivity contribution in [3.8, 4) is 0 Å². The van der Waals surface area contributed by atoms with Crippen LogP contribution in [0.5, 0.6) is 0 Å². The lowest BCUT2D eigenvalue weighted by Gasteiger charge is -2.34. The summed E-state index contributed by atoms with van der Waals surface area (Å²) < 4.78 is 5.80. The molecule has 0 radical (unpaired) electrons. The standard InChI is InChI=1S/C16H25N3O2/c1-11(2)15-17-13-10-19(8-6-14(13)21-15)16(20)12-5-4-7-18(3)9-12/h11-12H,4-10H2,1-3H3. The highest BCUT2D eigenvalue weighted by Gasteiger charge is 2.31. The van der Waals surface area contributed by atoms with E-state index in [-0.39, 0.29) is 5.92 Å². The minimum atomic E-state index is 0.154. The fourth-order valence-corrected chi connectivity index (χ4v) is 3.28. The summed E-state index contributed by atoms with van der Waals surface area (Å²) >= 11 is 0. The van der Waals surface area contributed by atoms with Crippen LogP contribution in [0.15, 0.2) is 4.42 Å². The molecule has 1 atom stereocenters. The molecule has 0 aliphatic carbocycles. The Bertz CT molecular complexity index is 524. The number of nitrogens with zero attached hydrogens (tertiary/aromatic N) is 3. The Balaban J connectivity index is 1.69. The van der Waals surface area contributed by atoms with E-state index in [9.17, 15) is 4.79 Å². The van der Waals surface area contributed by atoms with Crippen LogP contribution in [0.1, 0.15) is 50.0 Å². The highest BCUT2D eigenvalue weighted by Crippen LogP contribution is 2.26. The summed E-state index contributed by atoms with van der Waals surface area (Å²) in [6.45, 7) is 7.53. The van der Waals surface area contributed by atoms with E-state index in [2.05, 4.69) is 30.8 Å². The molecule has 1 aromatic rings. The van der Waals surface area contributed by atoms with Gasteiger partial charge < -0.3 is 14.2 Å². The number of hydrogen-bond donors (Lipinski definition) is 0. The van der Waals surface area contributed by atoms with Gasteiger partial charge in [0.05, 0.1) is 12.5 Å². The quantitative estimate of drug-likeness (QED) is 0.836. The lowest BCUT2D eigenvalue weighted by atomic mass is 9.96. The van der Waals surface area contributed by atoms with E-state index >= 15 is 0 Å². The van der Waals surface area contributed by atoms with Crippen molar-refractivity contribution in [2.75, 3.05) is 26.7 Å². The third-order valence-electron chi connectivity index (χ3n) is 4.52. The molecule has 3 heterocycles. The number of likely N-dealkylation sites (tertiary alicyclic amines) is 1. The minimum absolute atomic E-state index is 0.154. The predicted molar refractivity (Wildman–Crippen MR) is 79.9 cm³/mol. The summed E-state index contributed by atoms with van der Waals surface area (Å²) in [6.07, 6.45) is 2.93. The zero-order valence-corrected chi connectivity index (χ0v) is 13.3. The molecule has 1 aromatic heterocycles. The highest BCUT2D eigenvalue weighted by atomic mass is 16.4. The fourth-order valence-electron chi connectivity index (χ4n) is 3.28. The van der Waals surface area contributed by atoms with Gasteiger partial charge in [0, 0.05) is 25.4 Å². The van der Waals surface area contributed by atoms with Crippen molar-refractivity contribution < 1.29 is 9.21 Å². The maximum Gasteiger partial charge on any atom is 0.227 e. The molecule has 0 aromatic carbocycles. The number of carbonyl (C=O) groups excluding carboxylic acids is 1. The van der Waals surface area contributed by atoms with Gasteiger partial charge in [-0.3, -0.25) is 4.79 Å². The van der Waals surface area contributed by atoms with Gasteiger partial charge in [-0.1, -0.05) is 13.8 Å². The van der Waals surface area contributed by atoms with E-state index in [1.165, 1.54) is 0 Å². The first-order valence-electron chi connectivity index (χ1n) is 8.00. The summed E-state index contributed by atoms with van der Waals surface area (Å²) in [4.78, 5) is 21.5. The molecule has 1 amide bonds. The van der Waals surface area contributed by atoms with Crippen LogP contribution in [-0.4, -0.2) is 47.4 Å². The third-order valence-corrected chi connectivity index (χ3v) is 4.52. The van der Waals surface area contributed by atoms with Crippen molar-refractivity contribution in [2.24, 2.45) is 5.92 Å². The fraction of sp³-hybridized carbons (Fsp3) is 0.750. The largest absolute Gasteiger partial charge is 0.445 e. The molecule has 116 valence electrons. The number of rotatable bonds is 2. The van der Waals surface area contributed by atoms with Crippen molar-refractivity contribution in [2.45, 2.75) is 45.6 Å². The number of aromatic nitrogens is 1. The lowest BCUT2D eigenvalue weighted by Crippen LogP contribution is -2.45. The van der Waals surface area contributed by atoms with E-state index in [1.807, 2.05) is 4.90 Å². The minimum Gasteiger partial charge on any atom is -0.445 e. The van der Waals surface area contributed by atoms with Gasteiger partial charge in [0.25, 0.3) is 0 Å². The Hall–Kier alpha value is -1.36. The first-order chi connectivity index (χ1) is 10.0. The van der Waals surface area contributed by atoms with Crippen LogP contribution in [0, 0.1) is 5.92 Å². The molecular weight excluding hydrogens is 266 g/mol. The molecule has 0 bridgehead atoms. The second-order valence-electron chi connectivity index (χ2n) is 6.69. The van der Waals surface area contributed by atoms with Crippen molar-refractivity contribution in [3.05, 3.63) is 17.3 Å². The highest BCUT2D eigenvalue weighted by molar-refractivity contribution is 5.79. The molecule has 5 nitrogen and oxygen atoms in total. The van der Waals surface area contributed by atoms with Crippen molar-refractivity contribution in [3.63, 3.8) is 0 Å². The van der Waals surface area contributed by atoms with E-state index in [1.54, 1.807) is 0 Å². The second kappa shape index (κ2) is 5.79. The van der Waals surface area contributed by atoms with E-state index in [0.717, 1.165) is 56.2 Å². The number of piperidine rings is 1. The summed E-state index contributed by atoms with van der Waals surface area (Å²) in [5, 5.41) is 0. The Morgan fingerprint density at radius 1 is 1.38 bits per heavy atom. The molecular formula is C16H25N3O2. The molecule has 2 aliphatic rings. The van der Waals surface area contributed by atoms with Crippen LogP contribution in [-0.2, 0) is 17.8 Å². The monoisotopic (exact) mass is 291 g/mol. The zero-order valence-electron chi connectivity index (χ0n) is 13.3. The van der Waals surface area contributed by atoms with Gasteiger partial charge in [0.1, 0.15) is 11.5 Å². The molecule has 2 aliphatic heterocycles. The van der Waals surface area contributed by atoms with Gasteiger partial charge in [-0.2, -0.15) is 0 Å². The molecule has 1 fully saturated rings. The second-order valence-corrected chi connectivity index (χ2v) is 6.69. The van der Waals surface area contributed by atoms with Crippen molar-refractivity contribution >= 4 is 5.91 Å². The Morgan fingerprint density at radius 2 is 2.19 bits per heavy atom. The number of oxazole rings is 1. The maximum atomic E-state index is 12.7. The molecule has 21 heavy (non-hydrogen) atoms. The summed E-state index contributed by atoms with van der Waals surface area (Å²) in [5.41, 5.74) is 0.961. The van der Waals surface area contributed by atoms with Gasteiger partial charge in [-0.15, -0.1) is 0 Å². The van der Waals surface area contributed by atoms with Gasteiger partial charge in [0.15, 0.2) is 5.89 Å². The first kappa shape index (κ1) is 14.6. The summed E-state index contributed by atoms with van der Waals surface area (Å²) in [5.74, 6) is 2.52. The molecule has 0 spiro atoms. The molecule has 0 N–H and O–H groups in total. The topological polar surface area (TPSA) is 49.6 Å². The molecule has 0 saturated carbocycles. The molecule has 3 rings (SSSR count). The van der Waals surface area contributed by atoms with Crippen LogP contribution >= 0.6 is 0 Å². The third kappa shape index (κ3) is 2.98. The Morgan fingerprint density at radius 3 is 2.90 bits per heavy atom. The van der Waals surface area contributed by atoms with E-state index in [0.29, 0.717) is 18.4 Å². The predicted octanol–water partition coefficient (Wildman–Crippen LogP) is 2.02. The van der Waals surface area contributed by atoms with Gasteiger partial charge in [-0.25, -0.2) is 4.98 Å². The zero-order chi connectivity index (χ0) is 15.0. The molecule has 1 unspecified atom stereocenters. The van der Waals surface area contributed by atoms with E-state index in [4.69, 9.17) is 4.42 Å². The van der Waals surface area contributed by atoms with E-state index < -0.39 is 0 Å². The summed E-state index contributed by atoms with van der Waals surface area (Å²) in [6, 6.07) is 0. The number of carbonyl (C=O) groups is 1. The van der Waals surface area contributed by atoms with Crippen LogP contribution in [0.2, 0.25) is 0 Å². The average molecular weight is 291 g/mol. The van der Waals surface area contributed by atoms with Gasteiger partial charge in [0.2, 0.25) is 5.91 Å². The number of amides is 1. The number of fused-ring (bicyclic) bond motifs is 1. The summed E-state index contributed by atoms with van der Waals surface area (Å²) in [7, 11) is 2.10. The SMILES string of the molecule is CC(C)c1nc2c(o1)CCN(C(=O)C1CCCN(C)C1)C2. The first-order valence-corrected chi connectivity index (χ1v) is 8.00. The van der Waals surface area contributed by atoms with Gasteiger partial charge >= 0.3 is 0 Å². The van der Waals surface area contributed by atoms with Crippen LogP contribution in [0.25, 0.3) is 0 Å². The van der Waals surface area contributed by atoms with Crippen molar-refractivity contribution in [1.29, 1.82) is 0 Å². The van der Waals surface area contributed by atoms with Crippen LogP contribution in [0.3, 0.4) is 0 Å². The van der Waals surface area contributed by atoms with Crippen molar-refractivity contribution in [1.82, 2.24) is 14.8 Å².